The van der Waals surface area contributed by atoms with Gasteiger partial charge >= 0.3 is 0 Å². The van der Waals surface area contributed by atoms with Crippen LogP contribution in [0.1, 0.15) is 0 Å². The van der Waals surface area contributed by atoms with Crippen LogP contribution in [0.25, 0.3) is 0 Å². The minimum atomic E-state index is -0.120. The molecule has 1 heterocycles. The standard InChI is InChI=1S/C18H17N5O3/c19-13-18-22-20-14-5-1-3-7-16(14)25-11-9-24-10-12-26-17-8-4-2-6-15(17)21-23-18/h1-8,20H,9-12H2/b22-18+,23-21?. The number of nitrogens with one attached hydrogen (secondary N) is 1. The quantitative estimate of drug-likeness (QED) is 0.783. The number of hydrazone groups is 1. The molecule has 0 saturated carbocycles. The van der Waals surface area contributed by atoms with Crippen molar-refractivity contribution < 1.29 is 14.2 Å². The Hall–Kier alpha value is -3.44. The average Bonchev–Trinajstić information content (AvgIpc) is 2.68. The van der Waals surface area contributed by atoms with E-state index in [1.165, 1.54) is 0 Å². The van der Waals surface area contributed by atoms with E-state index in [2.05, 4.69) is 20.8 Å². The van der Waals surface area contributed by atoms with Crippen molar-refractivity contribution in [2.24, 2.45) is 15.3 Å². The third kappa shape index (κ3) is 4.78. The monoisotopic (exact) mass is 351 g/mol. The minimum absolute atomic E-state index is 0.120. The largest absolute Gasteiger partial charge is 0.489 e. The van der Waals surface area contributed by atoms with Gasteiger partial charge in [0.1, 0.15) is 36.5 Å². The molecule has 0 saturated heterocycles. The topological polar surface area (TPSA) is 101 Å². The molecule has 1 N–H and O–H groups in total. The van der Waals surface area contributed by atoms with Gasteiger partial charge in [-0.1, -0.05) is 24.3 Å². The Labute approximate surface area is 150 Å². The molecular formula is C18H17N5O3. The van der Waals surface area contributed by atoms with Crippen molar-refractivity contribution in [1.82, 2.24) is 0 Å². The fraction of sp³-hybridized carbons (Fsp3) is 0.222. The molecule has 0 bridgehead atoms. The van der Waals surface area contributed by atoms with Crippen LogP contribution in [-0.2, 0) is 4.74 Å². The summed E-state index contributed by atoms with van der Waals surface area (Å²) in [5, 5.41) is 21.1. The maximum absolute atomic E-state index is 9.22. The van der Waals surface area contributed by atoms with E-state index in [4.69, 9.17) is 14.2 Å². The first kappa shape index (κ1) is 17.4. The highest BCUT2D eigenvalue weighted by atomic mass is 16.5. The van der Waals surface area contributed by atoms with Gasteiger partial charge in [-0.15, -0.1) is 15.3 Å². The zero-order valence-corrected chi connectivity index (χ0v) is 14.0. The summed E-state index contributed by atoms with van der Waals surface area (Å²) in [7, 11) is 0. The van der Waals surface area contributed by atoms with Crippen LogP contribution >= 0.6 is 0 Å². The van der Waals surface area contributed by atoms with E-state index in [-0.39, 0.29) is 5.84 Å². The number of fused-ring (bicyclic) bond motifs is 2. The van der Waals surface area contributed by atoms with Gasteiger partial charge in [-0.3, -0.25) is 5.43 Å². The maximum Gasteiger partial charge on any atom is 0.270 e. The summed E-state index contributed by atoms with van der Waals surface area (Å²) in [6.45, 7) is 1.58. The molecule has 0 spiro atoms. The Bertz CT molecular complexity index is 845. The second-order valence-corrected chi connectivity index (χ2v) is 5.13. The molecule has 0 atom stereocenters. The zero-order chi connectivity index (χ0) is 18.0. The van der Waals surface area contributed by atoms with E-state index in [0.29, 0.717) is 49.3 Å². The van der Waals surface area contributed by atoms with Gasteiger partial charge in [0.05, 0.1) is 18.9 Å². The highest BCUT2D eigenvalue weighted by Gasteiger charge is 2.06. The molecule has 3 rings (SSSR count). The third-order valence-corrected chi connectivity index (χ3v) is 3.36. The highest BCUT2D eigenvalue weighted by molar-refractivity contribution is 5.97. The van der Waals surface area contributed by atoms with E-state index in [9.17, 15) is 5.26 Å². The normalized spacial score (nSPS) is 17.1. The molecular weight excluding hydrogens is 334 g/mol. The van der Waals surface area contributed by atoms with Crippen molar-refractivity contribution in [1.29, 1.82) is 5.26 Å². The SMILES string of the molecule is N#C/C1=N\Nc2ccccc2OCCOCCOc2ccccc2N=N1. The highest BCUT2D eigenvalue weighted by Crippen LogP contribution is 2.27. The first-order valence-electron chi connectivity index (χ1n) is 8.04. The van der Waals surface area contributed by atoms with E-state index >= 15 is 0 Å². The van der Waals surface area contributed by atoms with Crippen LogP contribution in [0.5, 0.6) is 11.5 Å². The van der Waals surface area contributed by atoms with Crippen molar-refractivity contribution in [2.45, 2.75) is 0 Å². The summed E-state index contributed by atoms with van der Waals surface area (Å²) in [4.78, 5) is 0. The number of nitrogens with zero attached hydrogens (tertiary/aromatic N) is 4. The van der Waals surface area contributed by atoms with Gasteiger partial charge < -0.3 is 14.2 Å². The Balaban J connectivity index is 1.88. The average molecular weight is 351 g/mol. The number of rotatable bonds is 0. The summed E-state index contributed by atoms with van der Waals surface area (Å²) in [6.07, 6.45) is 0. The van der Waals surface area contributed by atoms with Crippen LogP contribution in [0, 0.1) is 11.3 Å². The Morgan fingerprint density at radius 1 is 0.846 bits per heavy atom. The minimum Gasteiger partial charge on any atom is -0.489 e. The molecule has 0 amide bonds. The van der Waals surface area contributed by atoms with Gasteiger partial charge in [0.25, 0.3) is 5.84 Å². The predicted octanol–water partition coefficient (Wildman–Crippen LogP) is 3.51. The molecule has 2 aromatic rings. The van der Waals surface area contributed by atoms with E-state index < -0.39 is 0 Å². The summed E-state index contributed by atoms with van der Waals surface area (Å²) in [5.74, 6) is 1.03. The lowest BCUT2D eigenvalue weighted by molar-refractivity contribution is 0.0767. The summed E-state index contributed by atoms with van der Waals surface area (Å²) >= 11 is 0. The van der Waals surface area contributed by atoms with Crippen molar-refractivity contribution >= 4 is 17.2 Å². The van der Waals surface area contributed by atoms with Crippen molar-refractivity contribution in [3.8, 4) is 17.6 Å². The Morgan fingerprint density at radius 2 is 1.54 bits per heavy atom. The first-order valence-corrected chi connectivity index (χ1v) is 8.04. The van der Waals surface area contributed by atoms with Crippen LogP contribution in [0.15, 0.2) is 63.9 Å². The predicted molar refractivity (Wildman–Crippen MR) is 95.9 cm³/mol. The third-order valence-electron chi connectivity index (χ3n) is 3.36. The van der Waals surface area contributed by atoms with Crippen molar-refractivity contribution in [3.05, 3.63) is 48.5 Å². The van der Waals surface area contributed by atoms with Crippen molar-refractivity contribution in [2.75, 3.05) is 31.9 Å². The number of amidine groups is 1. The van der Waals surface area contributed by atoms with Crippen LogP contribution in [0.2, 0.25) is 0 Å². The number of azo groups is 1. The number of para-hydroxylation sites is 3. The number of hydrogen-bond donors (Lipinski definition) is 1. The molecule has 8 nitrogen and oxygen atoms in total. The molecule has 0 fully saturated rings. The van der Waals surface area contributed by atoms with E-state index in [1.54, 1.807) is 24.3 Å². The molecule has 0 aliphatic carbocycles. The molecule has 2 aromatic carbocycles. The Kier molecular flexibility index (Phi) is 6.12. The fourth-order valence-corrected chi connectivity index (χ4v) is 2.15. The van der Waals surface area contributed by atoms with Crippen LogP contribution in [0.3, 0.4) is 0 Å². The van der Waals surface area contributed by atoms with Crippen LogP contribution in [-0.4, -0.2) is 32.3 Å². The number of anilines is 1. The van der Waals surface area contributed by atoms with Gasteiger partial charge in [-0.2, -0.15) is 5.26 Å². The molecule has 1 aliphatic heterocycles. The molecule has 0 unspecified atom stereocenters. The summed E-state index contributed by atoms with van der Waals surface area (Å²) in [5.41, 5.74) is 3.91. The number of ether oxygens (including phenoxy) is 3. The number of nitriles is 1. The van der Waals surface area contributed by atoms with Crippen molar-refractivity contribution in [3.63, 3.8) is 0 Å². The summed E-state index contributed by atoms with van der Waals surface area (Å²) < 4.78 is 16.8. The Morgan fingerprint density at radius 3 is 2.35 bits per heavy atom. The second kappa shape index (κ2) is 9.15. The van der Waals surface area contributed by atoms with Gasteiger partial charge in [-0.05, 0) is 24.3 Å². The maximum atomic E-state index is 9.22. The zero-order valence-electron chi connectivity index (χ0n) is 14.0. The molecule has 26 heavy (non-hydrogen) atoms. The van der Waals surface area contributed by atoms with E-state index in [0.717, 1.165) is 0 Å². The molecule has 8 heteroatoms. The molecule has 132 valence electrons. The van der Waals surface area contributed by atoms with E-state index in [1.807, 2.05) is 30.3 Å². The summed E-state index contributed by atoms with van der Waals surface area (Å²) in [6, 6.07) is 16.3. The van der Waals surface area contributed by atoms with Gasteiger partial charge in [0, 0.05) is 0 Å². The molecule has 0 radical (unpaired) electrons. The van der Waals surface area contributed by atoms with Gasteiger partial charge in [0.15, 0.2) is 0 Å². The first-order chi connectivity index (χ1) is 12.9. The van der Waals surface area contributed by atoms with Crippen LogP contribution < -0.4 is 14.9 Å². The molecule has 0 aromatic heterocycles. The lowest BCUT2D eigenvalue weighted by Gasteiger charge is -2.12. The lowest BCUT2D eigenvalue weighted by atomic mass is 10.3. The number of hydrogen-bond acceptors (Lipinski definition) is 8. The fourth-order valence-electron chi connectivity index (χ4n) is 2.15. The number of benzene rings is 2. The smallest absolute Gasteiger partial charge is 0.270 e. The van der Waals surface area contributed by atoms with Gasteiger partial charge in [-0.25, -0.2) is 0 Å². The van der Waals surface area contributed by atoms with Crippen LogP contribution in [0.4, 0.5) is 11.4 Å². The molecule has 1 aliphatic rings. The second-order valence-electron chi connectivity index (χ2n) is 5.13. The van der Waals surface area contributed by atoms with Gasteiger partial charge in [0.2, 0.25) is 0 Å². The lowest BCUT2D eigenvalue weighted by Crippen LogP contribution is -2.12.